The van der Waals surface area contributed by atoms with Gasteiger partial charge in [-0.3, -0.25) is 9.59 Å². The van der Waals surface area contributed by atoms with Gasteiger partial charge in [0.25, 0.3) is 11.7 Å². The third-order valence-electron chi connectivity index (χ3n) is 5.39. The zero-order valence-corrected chi connectivity index (χ0v) is 19.9. The predicted octanol–water partition coefficient (Wildman–Crippen LogP) is 4.59. The first-order valence-corrected chi connectivity index (χ1v) is 11.0. The smallest absolute Gasteiger partial charge is 0.295 e. The molecular weight excluding hydrogens is 446 g/mol. The van der Waals surface area contributed by atoms with Crippen molar-refractivity contribution in [1.29, 1.82) is 0 Å². The number of hydrogen-bond acceptors (Lipinski definition) is 6. The van der Waals surface area contributed by atoms with E-state index in [2.05, 4.69) is 0 Å². The highest BCUT2D eigenvalue weighted by Gasteiger charge is 2.45. The molecule has 0 radical (unpaired) electrons. The monoisotopic (exact) mass is 473 g/mol. The normalized spacial score (nSPS) is 17.6. The first kappa shape index (κ1) is 24.6. The fourth-order valence-corrected chi connectivity index (χ4v) is 4.02. The first-order chi connectivity index (χ1) is 15.8. The minimum Gasteiger partial charge on any atom is -0.507 e. The molecule has 1 unspecified atom stereocenters. The Morgan fingerprint density at radius 2 is 1.79 bits per heavy atom. The van der Waals surface area contributed by atoms with E-state index in [0.29, 0.717) is 42.2 Å². The summed E-state index contributed by atoms with van der Waals surface area (Å²) >= 11 is 6.22. The minimum absolute atomic E-state index is 0.0104. The molecule has 1 atom stereocenters. The van der Waals surface area contributed by atoms with Gasteiger partial charge in [-0.2, -0.15) is 0 Å². The Morgan fingerprint density at radius 3 is 2.36 bits per heavy atom. The lowest BCUT2D eigenvalue weighted by molar-refractivity contribution is -0.140. The summed E-state index contributed by atoms with van der Waals surface area (Å²) in [6.07, 6.45) is 0.615. The highest BCUT2D eigenvalue weighted by molar-refractivity contribution is 6.46. The van der Waals surface area contributed by atoms with Crippen molar-refractivity contribution in [2.24, 2.45) is 0 Å². The number of benzene rings is 2. The van der Waals surface area contributed by atoms with Crippen molar-refractivity contribution in [3.05, 3.63) is 64.2 Å². The molecule has 0 saturated carbocycles. The van der Waals surface area contributed by atoms with Crippen molar-refractivity contribution in [3.63, 3.8) is 0 Å². The van der Waals surface area contributed by atoms with Crippen LogP contribution in [0.25, 0.3) is 5.76 Å². The molecule has 176 valence electrons. The van der Waals surface area contributed by atoms with Crippen LogP contribution in [-0.4, -0.2) is 55.2 Å². The van der Waals surface area contributed by atoms with Gasteiger partial charge in [-0.05, 0) is 56.2 Å². The van der Waals surface area contributed by atoms with Gasteiger partial charge in [-0.15, -0.1) is 0 Å². The molecule has 2 aromatic rings. The molecule has 1 N–H and O–H groups in total. The highest BCUT2D eigenvalue weighted by Crippen LogP contribution is 2.40. The number of Topliss-reactive ketones (excluding diaryl/α,β-unsaturated/α-hetero) is 1. The van der Waals surface area contributed by atoms with Gasteiger partial charge in [0.2, 0.25) is 0 Å². The molecule has 0 spiro atoms. The molecule has 8 heteroatoms. The lowest BCUT2D eigenvalue weighted by Gasteiger charge is -2.25. The average Bonchev–Trinajstić information content (AvgIpc) is 3.06. The topological polar surface area (TPSA) is 85.3 Å². The molecule has 1 heterocycles. The molecular formula is C25H28ClNO6. The Bertz CT molecular complexity index is 1050. The van der Waals surface area contributed by atoms with Gasteiger partial charge in [0.05, 0.1) is 37.0 Å². The Balaban J connectivity index is 2.05. The number of ether oxygens (including phenoxy) is 3. The van der Waals surface area contributed by atoms with E-state index in [-0.39, 0.29) is 22.5 Å². The zero-order valence-electron chi connectivity index (χ0n) is 19.1. The molecule has 3 rings (SSSR count). The van der Waals surface area contributed by atoms with Crippen LogP contribution in [0.2, 0.25) is 5.02 Å². The quantitative estimate of drug-likeness (QED) is 0.248. The maximum Gasteiger partial charge on any atom is 0.295 e. The molecule has 7 nitrogen and oxygen atoms in total. The number of ketones is 1. The maximum atomic E-state index is 13.1. The fourth-order valence-electron chi connectivity index (χ4n) is 3.77. The number of amides is 1. The Labute approximate surface area is 198 Å². The van der Waals surface area contributed by atoms with E-state index >= 15 is 0 Å². The summed E-state index contributed by atoms with van der Waals surface area (Å²) in [6.45, 7) is 4.62. The lowest BCUT2D eigenvalue weighted by atomic mass is 9.95. The van der Waals surface area contributed by atoms with Crippen LogP contribution in [0.15, 0.2) is 48.0 Å². The molecule has 2 aromatic carbocycles. The average molecular weight is 474 g/mol. The van der Waals surface area contributed by atoms with Crippen LogP contribution >= 0.6 is 11.6 Å². The van der Waals surface area contributed by atoms with Crippen LogP contribution in [-0.2, 0) is 14.3 Å². The van der Waals surface area contributed by atoms with Crippen molar-refractivity contribution in [2.75, 3.05) is 27.4 Å². The van der Waals surface area contributed by atoms with Crippen LogP contribution in [0.5, 0.6) is 11.5 Å². The molecule has 1 aliphatic rings. The van der Waals surface area contributed by atoms with E-state index in [4.69, 9.17) is 25.8 Å². The Morgan fingerprint density at radius 1 is 1.09 bits per heavy atom. The number of carbonyl (C=O) groups excluding carboxylic acids is 2. The number of carbonyl (C=O) groups is 2. The summed E-state index contributed by atoms with van der Waals surface area (Å²) in [7, 11) is 3.04. The van der Waals surface area contributed by atoms with Gasteiger partial charge >= 0.3 is 0 Å². The third kappa shape index (κ3) is 5.31. The molecule has 1 amide bonds. The van der Waals surface area contributed by atoms with Crippen molar-refractivity contribution in [2.45, 2.75) is 32.4 Å². The van der Waals surface area contributed by atoms with Gasteiger partial charge < -0.3 is 24.2 Å². The van der Waals surface area contributed by atoms with E-state index in [9.17, 15) is 14.7 Å². The second-order valence-corrected chi connectivity index (χ2v) is 8.30. The molecule has 1 aliphatic heterocycles. The second kappa shape index (κ2) is 10.7. The molecule has 1 fully saturated rings. The van der Waals surface area contributed by atoms with E-state index in [1.807, 2.05) is 13.8 Å². The molecule has 33 heavy (non-hydrogen) atoms. The maximum absolute atomic E-state index is 13.1. The summed E-state index contributed by atoms with van der Waals surface area (Å²) in [5.41, 5.74) is 1.01. The fraction of sp³-hybridized carbons (Fsp3) is 0.360. The number of aliphatic hydroxyl groups excluding tert-OH is 1. The van der Waals surface area contributed by atoms with E-state index in [1.54, 1.807) is 43.5 Å². The Hall–Kier alpha value is -3.03. The van der Waals surface area contributed by atoms with Crippen LogP contribution in [0, 0.1) is 0 Å². The second-order valence-electron chi connectivity index (χ2n) is 7.89. The van der Waals surface area contributed by atoms with Gasteiger partial charge in [0.15, 0.2) is 0 Å². The standard InChI is InChI=1S/C25H28ClNO6/c1-15(2)33-13-5-12-27-22(16-6-9-18(31-3)10-7-16)21(24(29)25(27)30)23(28)17-8-11-20(32-4)19(26)14-17/h6-11,14-15,22,28H,5,12-13H2,1-4H3/b23-21-. The number of halogens is 1. The number of likely N-dealkylation sites (tertiary alicyclic amines) is 1. The van der Waals surface area contributed by atoms with Crippen molar-refractivity contribution in [3.8, 4) is 11.5 Å². The van der Waals surface area contributed by atoms with Gasteiger partial charge in [-0.25, -0.2) is 0 Å². The number of aliphatic hydroxyl groups is 1. The summed E-state index contributed by atoms with van der Waals surface area (Å²) < 4.78 is 16.0. The Kier molecular flexibility index (Phi) is 8.00. The van der Waals surface area contributed by atoms with E-state index < -0.39 is 17.7 Å². The largest absolute Gasteiger partial charge is 0.507 e. The van der Waals surface area contributed by atoms with Crippen LogP contribution in [0.1, 0.15) is 37.4 Å². The van der Waals surface area contributed by atoms with Gasteiger partial charge in [0.1, 0.15) is 17.3 Å². The summed E-state index contributed by atoms with van der Waals surface area (Å²) in [6, 6.07) is 11.0. The summed E-state index contributed by atoms with van der Waals surface area (Å²) in [5.74, 6) is -0.625. The highest BCUT2D eigenvalue weighted by atomic mass is 35.5. The molecule has 0 aromatic heterocycles. The van der Waals surface area contributed by atoms with Crippen molar-refractivity contribution < 1.29 is 28.9 Å². The lowest BCUT2D eigenvalue weighted by Crippen LogP contribution is -2.31. The predicted molar refractivity (Wildman–Crippen MR) is 126 cm³/mol. The number of rotatable bonds is 9. The van der Waals surface area contributed by atoms with Gasteiger partial charge in [0, 0.05) is 18.7 Å². The van der Waals surface area contributed by atoms with Crippen LogP contribution in [0.4, 0.5) is 0 Å². The zero-order chi connectivity index (χ0) is 24.1. The van der Waals surface area contributed by atoms with Crippen LogP contribution in [0.3, 0.4) is 0 Å². The number of methoxy groups -OCH3 is 2. The first-order valence-electron chi connectivity index (χ1n) is 10.7. The van der Waals surface area contributed by atoms with E-state index in [0.717, 1.165) is 0 Å². The summed E-state index contributed by atoms with van der Waals surface area (Å²) in [5, 5.41) is 11.4. The van der Waals surface area contributed by atoms with Crippen molar-refractivity contribution in [1.82, 2.24) is 4.90 Å². The number of nitrogens with zero attached hydrogens (tertiary/aromatic N) is 1. The SMILES string of the molecule is COc1ccc(C2/C(=C(/O)c3ccc(OC)c(Cl)c3)C(=O)C(=O)N2CCCOC(C)C)cc1. The number of hydrogen-bond donors (Lipinski definition) is 1. The summed E-state index contributed by atoms with van der Waals surface area (Å²) in [4.78, 5) is 27.5. The minimum atomic E-state index is -0.754. The molecule has 1 saturated heterocycles. The molecule has 0 bridgehead atoms. The van der Waals surface area contributed by atoms with Gasteiger partial charge in [-0.1, -0.05) is 23.7 Å². The molecule has 0 aliphatic carbocycles. The van der Waals surface area contributed by atoms with E-state index in [1.165, 1.54) is 18.1 Å². The third-order valence-corrected chi connectivity index (χ3v) is 5.69. The van der Waals surface area contributed by atoms with Crippen molar-refractivity contribution >= 4 is 29.1 Å². The van der Waals surface area contributed by atoms with Crippen LogP contribution < -0.4 is 9.47 Å².